The molecule has 1 aliphatic heterocycles. The van der Waals surface area contributed by atoms with E-state index in [4.69, 9.17) is 9.15 Å². The van der Waals surface area contributed by atoms with Crippen molar-refractivity contribution < 1.29 is 13.9 Å². The number of amides is 1. The summed E-state index contributed by atoms with van der Waals surface area (Å²) < 4.78 is 11.3. The highest BCUT2D eigenvalue weighted by Crippen LogP contribution is 2.24. The Morgan fingerprint density at radius 2 is 2.16 bits per heavy atom. The molecule has 2 aromatic heterocycles. The van der Waals surface area contributed by atoms with E-state index in [0.29, 0.717) is 25.3 Å². The van der Waals surface area contributed by atoms with Gasteiger partial charge in [0.15, 0.2) is 0 Å². The van der Waals surface area contributed by atoms with Gasteiger partial charge in [0.2, 0.25) is 0 Å². The van der Waals surface area contributed by atoms with Gasteiger partial charge in [0.1, 0.15) is 16.5 Å². The van der Waals surface area contributed by atoms with Gasteiger partial charge in [-0.25, -0.2) is 4.98 Å². The van der Waals surface area contributed by atoms with Gasteiger partial charge in [0.05, 0.1) is 24.8 Å². The molecular formula is C18H23N3O3S. The Hall–Kier alpha value is -1.83. The summed E-state index contributed by atoms with van der Waals surface area (Å²) >= 11 is 1.47. The highest BCUT2D eigenvalue weighted by Gasteiger charge is 2.26. The van der Waals surface area contributed by atoms with E-state index in [0.717, 1.165) is 29.6 Å². The summed E-state index contributed by atoms with van der Waals surface area (Å²) in [6, 6.07) is 7.52. The van der Waals surface area contributed by atoms with Crippen LogP contribution in [0.15, 0.2) is 39.9 Å². The number of morpholine rings is 1. The molecule has 3 rings (SSSR count). The number of hydrogen-bond acceptors (Lipinski definition) is 6. The molecule has 134 valence electrons. The molecule has 1 aliphatic rings. The van der Waals surface area contributed by atoms with Crippen LogP contribution in [0.1, 0.15) is 27.9 Å². The number of aryl methyl sites for hydroxylation is 1. The van der Waals surface area contributed by atoms with Crippen LogP contribution < -0.4 is 5.32 Å². The van der Waals surface area contributed by atoms with Crippen molar-refractivity contribution in [2.45, 2.75) is 18.0 Å². The Morgan fingerprint density at radius 1 is 1.36 bits per heavy atom. The fourth-order valence-corrected chi connectivity index (χ4v) is 3.49. The van der Waals surface area contributed by atoms with E-state index in [1.165, 1.54) is 11.8 Å². The van der Waals surface area contributed by atoms with E-state index in [2.05, 4.69) is 15.2 Å². The van der Waals surface area contributed by atoms with E-state index >= 15 is 0 Å². The highest BCUT2D eigenvalue weighted by atomic mass is 32.2. The number of hydrogen-bond donors (Lipinski definition) is 1. The molecule has 0 radical (unpaired) electrons. The summed E-state index contributed by atoms with van der Waals surface area (Å²) in [5, 5.41) is 3.78. The third-order valence-corrected chi connectivity index (χ3v) is 4.95. The molecule has 0 bridgehead atoms. The number of ether oxygens (including phenoxy) is 1. The minimum Gasteiger partial charge on any atom is -0.465 e. The second-order valence-electron chi connectivity index (χ2n) is 5.88. The zero-order valence-electron chi connectivity index (χ0n) is 14.5. The quantitative estimate of drug-likeness (QED) is 0.798. The lowest BCUT2D eigenvalue weighted by Gasteiger charge is -2.33. The lowest BCUT2D eigenvalue weighted by atomic mass is 10.1. The smallest absolute Gasteiger partial charge is 0.254 e. The van der Waals surface area contributed by atoms with Gasteiger partial charge in [-0.2, -0.15) is 0 Å². The average Bonchev–Trinajstić information content (AvgIpc) is 3.08. The lowest BCUT2D eigenvalue weighted by Crippen LogP contribution is -2.43. The normalized spacial score (nSPS) is 16.6. The van der Waals surface area contributed by atoms with Crippen LogP contribution in [0, 0.1) is 6.92 Å². The van der Waals surface area contributed by atoms with E-state index < -0.39 is 0 Å². The van der Waals surface area contributed by atoms with Crippen LogP contribution in [0.4, 0.5) is 0 Å². The van der Waals surface area contributed by atoms with E-state index in [9.17, 15) is 4.79 Å². The lowest BCUT2D eigenvalue weighted by molar-refractivity contribution is 0.0117. The predicted molar refractivity (Wildman–Crippen MR) is 96.9 cm³/mol. The summed E-state index contributed by atoms with van der Waals surface area (Å²) in [5.41, 5.74) is 0.603. The second-order valence-corrected chi connectivity index (χ2v) is 6.68. The first-order valence-corrected chi connectivity index (χ1v) is 9.57. The summed E-state index contributed by atoms with van der Waals surface area (Å²) in [6.45, 7) is 5.45. The highest BCUT2D eigenvalue weighted by molar-refractivity contribution is 7.98. The summed E-state index contributed by atoms with van der Waals surface area (Å²) in [5.74, 6) is 1.63. The molecule has 1 fully saturated rings. The molecule has 1 amide bonds. The van der Waals surface area contributed by atoms with Crippen LogP contribution in [-0.4, -0.2) is 54.9 Å². The topological polar surface area (TPSA) is 67.6 Å². The minimum absolute atomic E-state index is 0.00375. The maximum Gasteiger partial charge on any atom is 0.254 e. The van der Waals surface area contributed by atoms with Gasteiger partial charge in [-0.3, -0.25) is 9.69 Å². The van der Waals surface area contributed by atoms with Crippen molar-refractivity contribution in [3.8, 4) is 0 Å². The van der Waals surface area contributed by atoms with Gasteiger partial charge in [-0.15, -0.1) is 11.8 Å². The Kier molecular flexibility index (Phi) is 6.12. The monoisotopic (exact) mass is 361 g/mol. The van der Waals surface area contributed by atoms with Crippen molar-refractivity contribution in [2.24, 2.45) is 0 Å². The summed E-state index contributed by atoms with van der Waals surface area (Å²) in [6.07, 6.45) is 3.62. The number of thioether (sulfide) groups is 1. The standard InChI is InChI=1S/C18H23N3O3S/c1-13-5-6-16(24-13)15(21-8-10-23-11-9-21)12-20-17(22)14-4-3-7-19-18(14)25-2/h3-7,15H,8-12H2,1-2H3,(H,20,22)/t15-/m0/s1. The van der Waals surface area contributed by atoms with Gasteiger partial charge >= 0.3 is 0 Å². The number of rotatable bonds is 6. The van der Waals surface area contributed by atoms with Crippen LogP contribution >= 0.6 is 11.8 Å². The first-order chi connectivity index (χ1) is 12.2. The third kappa shape index (κ3) is 4.42. The van der Waals surface area contributed by atoms with E-state index in [1.807, 2.05) is 25.3 Å². The molecule has 0 unspecified atom stereocenters. The van der Waals surface area contributed by atoms with Crippen molar-refractivity contribution >= 4 is 17.7 Å². The zero-order chi connectivity index (χ0) is 17.6. The zero-order valence-corrected chi connectivity index (χ0v) is 15.3. The van der Waals surface area contributed by atoms with E-state index in [1.54, 1.807) is 18.3 Å². The number of nitrogens with one attached hydrogen (secondary N) is 1. The van der Waals surface area contributed by atoms with Crippen LogP contribution in [-0.2, 0) is 4.74 Å². The number of pyridine rings is 1. The maximum absolute atomic E-state index is 12.6. The molecule has 1 atom stereocenters. The van der Waals surface area contributed by atoms with Gasteiger partial charge in [-0.05, 0) is 37.4 Å². The van der Waals surface area contributed by atoms with E-state index in [-0.39, 0.29) is 11.9 Å². The molecule has 7 heteroatoms. The van der Waals surface area contributed by atoms with Crippen LogP contribution in [0.5, 0.6) is 0 Å². The molecular weight excluding hydrogens is 338 g/mol. The molecule has 2 aromatic rings. The second kappa shape index (κ2) is 8.51. The molecule has 0 saturated carbocycles. The fraction of sp³-hybridized carbons (Fsp3) is 0.444. The molecule has 1 N–H and O–H groups in total. The number of nitrogens with zero attached hydrogens (tertiary/aromatic N) is 2. The molecule has 1 saturated heterocycles. The molecule has 0 aromatic carbocycles. The van der Waals surface area contributed by atoms with Gasteiger partial charge < -0.3 is 14.5 Å². The summed E-state index contributed by atoms with van der Waals surface area (Å²) in [7, 11) is 0. The Morgan fingerprint density at radius 3 is 2.84 bits per heavy atom. The van der Waals surface area contributed by atoms with Crippen molar-refractivity contribution in [1.82, 2.24) is 15.2 Å². The molecule has 0 spiro atoms. The van der Waals surface area contributed by atoms with Gasteiger partial charge in [-0.1, -0.05) is 0 Å². The fourth-order valence-electron chi connectivity index (χ4n) is 2.94. The first kappa shape index (κ1) is 18.0. The number of carbonyl (C=O) groups is 1. The van der Waals surface area contributed by atoms with Crippen LogP contribution in [0.3, 0.4) is 0 Å². The molecule has 3 heterocycles. The number of furan rings is 1. The van der Waals surface area contributed by atoms with Crippen LogP contribution in [0.2, 0.25) is 0 Å². The van der Waals surface area contributed by atoms with Crippen LogP contribution in [0.25, 0.3) is 0 Å². The summed E-state index contributed by atoms with van der Waals surface area (Å²) in [4.78, 5) is 19.2. The van der Waals surface area contributed by atoms with Crippen molar-refractivity contribution in [3.05, 3.63) is 47.5 Å². The number of aromatic nitrogens is 1. The van der Waals surface area contributed by atoms with Crippen molar-refractivity contribution in [1.29, 1.82) is 0 Å². The Labute approximate surface area is 151 Å². The van der Waals surface area contributed by atoms with Gasteiger partial charge in [0, 0.05) is 25.8 Å². The SMILES string of the molecule is CSc1ncccc1C(=O)NC[C@@H](c1ccc(C)o1)N1CCOCC1. The third-order valence-electron chi connectivity index (χ3n) is 4.24. The Balaban J connectivity index is 1.72. The molecule has 0 aliphatic carbocycles. The molecule has 6 nitrogen and oxygen atoms in total. The van der Waals surface area contributed by atoms with Gasteiger partial charge in [0.25, 0.3) is 5.91 Å². The maximum atomic E-state index is 12.6. The van der Waals surface area contributed by atoms with Crippen molar-refractivity contribution in [2.75, 3.05) is 39.1 Å². The first-order valence-electron chi connectivity index (χ1n) is 8.34. The Bertz CT molecular complexity index is 713. The number of carbonyl (C=O) groups excluding carboxylic acids is 1. The predicted octanol–water partition coefficient (Wildman–Crippen LogP) is 2.51. The minimum atomic E-state index is -0.112. The largest absolute Gasteiger partial charge is 0.465 e. The average molecular weight is 361 g/mol. The molecule has 25 heavy (non-hydrogen) atoms. The van der Waals surface area contributed by atoms with Crippen molar-refractivity contribution in [3.63, 3.8) is 0 Å².